The van der Waals surface area contributed by atoms with Gasteiger partial charge in [0.15, 0.2) is 10.8 Å². The van der Waals surface area contributed by atoms with E-state index in [0.717, 1.165) is 77.9 Å². The third-order valence-electron chi connectivity index (χ3n) is 12.2. The maximum atomic E-state index is 13.6. The predicted octanol–water partition coefficient (Wildman–Crippen LogP) is 8.24. The van der Waals surface area contributed by atoms with Gasteiger partial charge in [0.1, 0.15) is 5.82 Å². The van der Waals surface area contributed by atoms with Gasteiger partial charge in [0.25, 0.3) is 5.91 Å². The van der Waals surface area contributed by atoms with E-state index in [2.05, 4.69) is 45.1 Å². The number of ether oxygens (including phenoxy) is 2. The van der Waals surface area contributed by atoms with Crippen LogP contribution in [0.4, 0.5) is 10.9 Å². The quantitative estimate of drug-likeness (QED) is 0.0939. The number of carbonyl (C=O) groups is 2. The molecule has 2 aromatic carbocycles. The minimum absolute atomic E-state index is 0. The zero-order valence-electron chi connectivity index (χ0n) is 33.3. The van der Waals surface area contributed by atoms with Gasteiger partial charge in [0, 0.05) is 62.2 Å². The molecule has 3 N–H and O–H groups in total. The molecule has 2 bridgehead atoms. The van der Waals surface area contributed by atoms with Crippen LogP contribution in [0.25, 0.3) is 21.3 Å². The molecule has 58 heavy (non-hydrogen) atoms. The second-order valence-electron chi connectivity index (χ2n) is 16.9. The number of nitrogens with zero attached hydrogens (tertiary/aromatic N) is 5. The molecule has 0 spiro atoms. The molecule has 4 unspecified atom stereocenters. The van der Waals surface area contributed by atoms with Crippen molar-refractivity contribution in [2.24, 2.45) is 16.7 Å². The van der Waals surface area contributed by atoms with Crippen LogP contribution >= 0.6 is 11.3 Å². The number of carboxylic acids is 1. The van der Waals surface area contributed by atoms with Crippen molar-refractivity contribution in [1.82, 2.24) is 25.1 Å². The summed E-state index contributed by atoms with van der Waals surface area (Å²) in [5.41, 5.74) is 5.92. The minimum Gasteiger partial charge on any atom is -0.476 e. The smallest absolute Gasteiger partial charge is 0.355 e. The lowest BCUT2D eigenvalue weighted by Gasteiger charge is -2.55. The van der Waals surface area contributed by atoms with Crippen LogP contribution in [0, 0.1) is 23.7 Å². The van der Waals surface area contributed by atoms with Gasteiger partial charge in [0.2, 0.25) is 0 Å². The number of aromatic nitrogens is 4. The summed E-state index contributed by atoms with van der Waals surface area (Å²) in [6.07, 6.45) is 8.20. The number of nitrogens with one attached hydrogen (secondary N) is 2. The fourth-order valence-corrected chi connectivity index (χ4v) is 11.2. The molecular weight excluding hydrogens is 751 g/mol. The van der Waals surface area contributed by atoms with Crippen LogP contribution in [0.1, 0.15) is 91.0 Å². The summed E-state index contributed by atoms with van der Waals surface area (Å²) in [4.78, 5) is 37.9. The maximum absolute atomic E-state index is 13.6. The topological polar surface area (TPSA) is 144 Å². The van der Waals surface area contributed by atoms with E-state index >= 15 is 0 Å². The van der Waals surface area contributed by atoms with Crippen LogP contribution in [-0.2, 0) is 29.0 Å². The first kappa shape index (κ1) is 41.5. The van der Waals surface area contributed by atoms with E-state index in [1.54, 1.807) is 13.3 Å². The van der Waals surface area contributed by atoms with E-state index in [1.165, 1.54) is 17.8 Å². The molecule has 13 heteroatoms. The summed E-state index contributed by atoms with van der Waals surface area (Å²) in [7, 11) is 1.71. The van der Waals surface area contributed by atoms with Crippen LogP contribution in [0.2, 0.25) is 0 Å². The molecule has 1 aliphatic heterocycles. The third-order valence-corrected chi connectivity index (χ3v) is 13.2. The van der Waals surface area contributed by atoms with Gasteiger partial charge in [-0.25, -0.2) is 14.8 Å². The van der Waals surface area contributed by atoms with Gasteiger partial charge in [-0.3, -0.25) is 14.8 Å². The van der Waals surface area contributed by atoms with Crippen molar-refractivity contribution in [3.63, 3.8) is 0 Å². The number of carboxylic acid groups (broad SMARTS) is 1. The van der Waals surface area contributed by atoms with Crippen LogP contribution < -0.4 is 15.5 Å². The van der Waals surface area contributed by atoms with E-state index in [0.29, 0.717) is 60.7 Å². The molecule has 1 amide bonds. The van der Waals surface area contributed by atoms with Crippen molar-refractivity contribution in [3.05, 3.63) is 88.9 Å². The molecular formula is C45H57N7O5S. The number of hydrogen-bond donors (Lipinski definition) is 3. The van der Waals surface area contributed by atoms with Gasteiger partial charge in [-0.05, 0) is 104 Å². The Balaban J connectivity index is 0.00000512. The first-order valence-electron chi connectivity index (χ1n) is 20.1. The van der Waals surface area contributed by atoms with Gasteiger partial charge in [0.05, 0.1) is 35.7 Å². The number of hydrogen-bond acceptors (Lipinski definition) is 10. The van der Waals surface area contributed by atoms with Crippen LogP contribution in [0.3, 0.4) is 0 Å². The number of carbonyl (C=O) groups excluding carboxylic acids is 1. The Morgan fingerprint density at radius 2 is 1.83 bits per heavy atom. The van der Waals surface area contributed by atoms with E-state index in [9.17, 15) is 14.7 Å². The van der Waals surface area contributed by atoms with Gasteiger partial charge in [-0.2, -0.15) is 5.10 Å². The van der Waals surface area contributed by atoms with Crippen molar-refractivity contribution in [3.8, 4) is 11.1 Å². The summed E-state index contributed by atoms with van der Waals surface area (Å²) < 4.78 is 14.8. The zero-order chi connectivity index (χ0) is 39.7. The number of thiazole rings is 1. The summed E-state index contributed by atoms with van der Waals surface area (Å²) >= 11 is 1.44. The Morgan fingerprint density at radius 1 is 1.00 bits per heavy atom. The number of methoxy groups -OCH3 is 1. The molecule has 308 valence electrons. The Labute approximate surface area is 345 Å². The second kappa shape index (κ2) is 17.3. The SMILES string of the molecule is C.COCCNCCOC1CC2(C)CC(C)CC(Cn3ncc(-c4ccc(N5CCc6cccc(C(=O)Nc7nc8ccccc8s7)c6C5)nc4C(=O)O)c3C)(C1)C2. The molecule has 0 saturated heterocycles. The van der Waals surface area contributed by atoms with Crippen LogP contribution in [0.15, 0.2) is 60.8 Å². The second-order valence-corrected chi connectivity index (χ2v) is 17.9. The van der Waals surface area contributed by atoms with Gasteiger partial charge in [-0.1, -0.05) is 56.9 Å². The monoisotopic (exact) mass is 807 g/mol. The molecule has 2 saturated carbocycles. The van der Waals surface area contributed by atoms with E-state index < -0.39 is 5.97 Å². The van der Waals surface area contributed by atoms with Crippen molar-refractivity contribution in [1.29, 1.82) is 0 Å². The highest BCUT2D eigenvalue weighted by Gasteiger charge is 2.51. The highest BCUT2D eigenvalue weighted by atomic mass is 32.1. The first-order chi connectivity index (χ1) is 27.5. The van der Waals surface area contributed by atoms with Crippen molar-refractivity contribution in [2.45, 2.75) is 85.9 Å². The Hall–Kier alpha value is -4.69. The maximum Gasteiger partial charge on any atom is 0.355 e. The van der Waals surface area contributed by atoms with Crippen molar-refractivity contribution in [2.75, 3.05) is 50.2 Å². The van der Waals surface area contributed by atoms with Crippen LogP contribution in [-0.4, -0.2) is 82.8 Å². The Morgan fingerprint density at radius 3 is 2.64 bits per heavy atom. The molecule has 8 rings (SSSR count). The summed E-state index contributed by atoms with van der Waals surface area (Å²) in [5, 5.41) is 22.4. The van der Waals surface area contributed by atoms with Crippen molar-refractivity contribution < 1.29 is 24.2 Å². The van der Waals surface area contributed by atoms with E-state index in [1.807, 2.05) is 55.5 Å². The van der Waals surface area contributed by atoms with Gasteiger partial charge in [-0.15, -0.1) is 0 Å². The molecule has 5 aromatic rings. The van der Waals surface area contributed by atoms with Crippen LogP contribution in [0.5, 0.6) is 0 Å². The highest BCUT2D eigenvalue weighted by molar-refractivity contribution is 7.22. The summed E-state index contributed by atoms with van der Waals surface area (Å²) in [6, 6.07) is 17.4. The summed E-state index contributed by atoms with van der Waals surface area (Å²) in [5.74, 6) is -0.141. The lowest BCUT2D eigenvalue weighted by molar-refractivity contribution is -0.109. The highest BCUT2D eigenvalue weighted by Crippen LogP contribution is 2.58. The zero-order valence-corrected chi connectivity index (χ0v) is 34.2. The molecule has 3 aliphatic rings. The van der Waals surface area contributed by atoms with E-state index in [4.69, 9.17) is 19.6 Å². The molecule has 0 radical (unpaired) electrons. The summed E-state index contributed by atoms with van der Waals surface area (Å²) in [6.45, 7) is 11.7. The molecule has 4 atom stereocenters. The average molecular weight is 808 g/mol. The number of anilines is 2. The number of para-hydroxylation sites is 1. The van der Waals surface area contributed by atoms with Gasteiger partial charge < -0.3 is 24.8 Å². The number of pyridine rings is 1. The third kappa shape index (κ3) is 8.68. The fourth-order valence-electron chi connectivity index (χ4n) is 10.3. The molecule has 2 aliphatic carbocycles. The standard InChI is InChI=1S/C44H53N7O5S.CH4/c1-28-20-43(3)22-31(56-19-16-45-15-18-55-4)23-44(21-28,26-43)27-51-29(2)34(24-46-51)32-12-13-38(48-39(32)41(53)54)50-17-14-30-8-7-9-33(35(30)25-50)40(52)49-42-47-36-10-5-6-11-37(36)57-42;/h5-13,24,28,31,45H,14-23,25-27H2,1-4H3,(H,53,54)(H,47,49,52);1H4. The van der Waals surface area contributed by atoms with Crippen molar-refractivity contribution >= 4 is 44.4 Å². The number of rotatable bonds is 14. The number of amides is 1. The molecule has 12 nitrogen and oxygen atoms in total. The minimum atomic E-state index is -1.09. The fraction of sp³-hybridized carbons (Fsp3) is 0.489. The largest absolute Gasteiger partial charge is 0.476 e. The normalized spacial score (nSPS) is 22.7. The molecule has 2 fully saturated rings. The Kier molecular flexibility index (Phi) is 12.3. The number of fused-ring (bicyclic) bond motifs is 4. The first-order valence-corrected chi connectivity index (χ1v) is 20.9. The lowest BCUT2D eigenvalue weighted by atomic mass is 9.52. The van der Waals surface area contributed by atoms with E-state index in [-0.39, 0.29) is 36.0 Å². The Bertz CT molecular complexity index is 2240. The predicted molar refractivity (Wildman–Crippen MR) is 230 cm³/mol. The lowest BCUT2D eigenvalue weighted by Crippen LogP contribution is -2.49. The van der Waals surface area contributed by atoms with Gasteiger partial charge >= 0.3 is 5.97 Å². The molecule has 3 aromatic heterocycles. The number of benzene rings is 2. The average Bonchev–Trinajstić information content (AvgIpc) is 3.76. The molecule has 4 heterocycles. The number of aromatic carboxylic acids is 1.